The number of rotatable bonds is 0. The van der Waals surface area contributed by atoms with Crippen LogP contribution in [0.2, 0.25) is 0 Å². The SMILES string of the molecule is [CH2]n1ccc(C#N)n1. The van der Waals surface area contributed by atoms with E-state index in [9.17, 15) is 0 Å². The molecule has 0 fully saturated rings. The second-order valence-electron chi connectivity index (χ2n) is 1.35. The maximum Gasteiger partial charge on any atom is 0.162 e. The summed E-state index contributed by atoms with van der Waals surface area (Å²) in [7, 11) is 3.44. The van der Waals surface area contributed by atoms with Gasteiger partial charge in [-0.1, -0.05) is 0 Å². The van der Waals surface area contributed by atoms with E-state index in [4.69, 9.17) is 5.26 Å². The van der Waals surface area contributed by atoms with Gasteiger partial charge in [-0.2, -0.15) is 10.4 Å². The van der Waals surface area contributed by atoms with E-state index in [-0.39, 0.29) is 0 Å². The van der Waals surface area contributed by atoms with Crippen molar-refractivity contribution >= 4 is 0 Å². The van der Waals surface area contributed by atoms with Crippen molar-refractivity contribution in [2.45, 2.75) is 0 Å². The average molecular weight is 106 g/mol. The minimum atomic E-state index is 0.403. The fraction of sp³-hybridized carbons (Fsp3) is 0. The monoisotopic (exact) mass is 106 g/mol. The van der Waals surface area contributed by atoms with Crippen LogP contribution in [-0.4, -0.2) is 9.78 Å². The van der Waals surface area contributed by atoms with Crippen LogP contribution in [0.5, 0.6) is 0 Å². The second kappa shape index (κ2) is 1.66. The molecule has 0 aliphatic heterocycles. The minimum Gasteiger partial charge on any atom is -0.270 e. The van der Waals surface area contributed by atoms with Crippen LogP contribution >= 0.6 is 0 Å². The highest BCUT2D eigenvalue weighted by atomic mass is 15.2. The summed E-state index contributed by atoms with van der Waals surface area (Å²) in [5, 5.41) is 11.9. The topological polar surface area (TPSA) is 41.6 Å². The molecule has 1 aromatic heterocycles. The van der Waals surface area contributed by atoms with Gasteiger partial charge in [0.2, 0.25) is 0 Å². The number of nitrogens with zero attached hydrogens (tertiary/aromatic N) is 3. The van der Waals surface area contributed by atoms with Gasteiger partial charge in [0.15, 0.2) is 5.69 Å². The van der Waals surface area contributed by atoms with Gasteiger partial charge in [0.25, 0.3) is 0 Å². The first kappa shape index (κ1) is 4.85. The summed E-state index contributed by atoms with van der Waals surface area (Å²) >= 11 is 0. The van der Waals surface area contributed by atoms with Gasteiger partial charge >= 0.3 is 0 Å². The molecule has 0 saturated carbocycles. The van der Waals surface area contributed by atoms with Gasteiger partial charge in [-0.3, -0.25) is 4.68 Å². The van der Waals surface area contributed by atoms with Crippen molar-refractivity contribution in [2.24, 2.45) is 0 Å². The fourth-order valence-corrected chi connectivity index (χ4v) is 0.421. The van der Waals surface area contributed by atoms with Crippen LogP contribution in [-0.2, 0) is 0 Å². The normalized spacial score (nSPS) is 8.50. The molecule has 0 aliphatic rings. The smallest absolute Gasteiger partial charge is 0.162 e. The zero-order chi connectivity index (χ0) is 5.98. The van der Waals surface area contributed by atoms with Crippen molar-refractivity contribution in [2.75, 3.05) is 0 Å². The Labute approximate surface area is 47.2 Å². The Morgan fingerprint density at radius 1 is 1.88 bits per heavy atom. The molecule has 3 nitrogen and oxygen atoms in total. The summed E-state index contributed by atoms with van der Waals surface area (Å²) in [6.07, 6.45) is 1.62. The maximum absolute atomic E-state index is 8.20. The van der Waals surface area contributed by atoms with Gasteiger partial charge in [0.05, 0.1) is 7.05 Å². The molecule has 0 atom stereocenters. The predicted molar refractivity (Wildman–Crippen MR) is 27.7 cm³/mol. The third-order valence-corrected chi connectivity index (χ3v) is 0.755. The van der Waals surface area contributed by atoms with Gasteiger partial charge in [-0.05, 0) is 6.07 Å². The first-order valence-electron chi connectivity index (χ1n) is 2.09. The van der Waals surface area contributed by atoms with Crippen molar-refractivity contribution in [3.8, 4) is 6.07 Å². The lowest BCUT2D eigenvalue weighted by molar-refractivity contribution is 0.870. The molecule has 8 heavy (non-hydrogen) atoms. The van der Waals surface area contributed by atoms with Crippen LogP contribution in [0.4, 0.5) is 0 Å². The molecule has 0 N–H and O–H groups in total. The number of nitriles is 1. The van der Waals surface area contributed by atoms with E-state index in [1.54, 1.807) is 12.3 Å². The molecule has 0 aliphatic carbocycles. The first-order chi connectivity index (χ1) is 3.83. The van der Waals surface area contributed by atoms with Crippen LogP contribution < -0.4 is 0 Å². The lowest BCUT2D eigenvalue weighted by Crippen LogP contribution is -1.83. The second-order valence-corrected chi connectivity index (χ2v) is 1.35. The molecule has 0 spiro atoms. The molecule has 3 heteroatoms. The van der Waals surface area contributed by atoms with Crippen molar-refractivity contribution in [3.05, 3.63) is 25.0 Å². The molecule has 39 valence electrons. The first-order valence-corrected chi connectivity index (χ1v) is 2.09. The Hall–Kier alpha value is -1.30. The standard InChI is InChI=1S/C5H4N3/c1-8-3-2-5(4-6)7-8/h2-3H,1H2. The summed E-state index contributed by atoms with van der Waals surface area (Å²) < 4.78 is 1.35. The predicted octanol–water partition coefficient (Wildman–Crippen LogP) is 0.394. The highest BCUT2D eigenvalue weighted by Gasteiger charge is 1.88. The Morgan fingerprint density at radius 2 is 2.62 bits per heavy atom. The maximum atomic E-state index is 8.20. The van der Waals surface area contributed by atoms with Crippen LogP contribution in [0, 0.1) is 18.4 Å². The molecule has 1 aromatic rings. The number of hydrogen-bond acceptors (Lipinski definition) is 2. The van der Waals surface area contributed by atoms with E-state index < -0.39 is 0 Å². The average Bonchev–Trinajstić information content (AvgIpc) is 2.14. The van der Waals surface area contributed by atoms with Crippen molar-refractivity contribution in [3.63, 3.8) is 0 Å². The molecule has 0 bridgehead atoms. The Balaban J connectivity index is 3.05. The Bertz CT molecular complexity index is 218. The lowest BCUT2D eigenvalue weighted by Gasteiger charge is -1.78. The van der Waals surface area contributed by atoms with Gasteiger partial charge in [0.1, 0.15) is 6.07 Å². The van der Waals surface area contributed by atoms with E-state index in [1.807, 2.05) is 6.07 Å². The van der Waals surface area contributed by atoms with Gasteiger partial charge < -0.3 is 0 Å². The molecule has 0 saturated heterocycles. The minimum absolute atomic E-state index is 0.403. The summed E-state index contributed by atoms with van der Waals surface area (Å²) in [5.41, 5.74) is 0.403. The third kappa shape index (κ3) is 0.684. The van der Waals surface area contributed by atoms with E-state index in [0.29, 0.717) is 5.69 Å². The number of hydrogen-bond donors (Lipinski definition) is 0. The van der Waals surface area contributed by atoms with Crippen molar-refractivity contribution in [1.29, 1.82) is 5.26 Å². The molecule has 0 unspecified atom stereocenters. The summed E-state index contributed by atoms with van der Waals surface area (Å²) in [5.74, 6) is 0. The van der Waals surface area contributed by atoms with Gasteiger partial charge in [0, 0.05) is 6.20 Å². The largest absolute Gasteiger partial charge is 0.270 e. The quantitative estimate of drug-likeness (QED) is 0.480. The Morgan fingerprint density at radius 3 is 2.88 bits per heavy atom. The highest BCUT2D eigenvalue weighted by Crippen LogP contribution is 1.88. The van der Waals surface area contributed by atoms with Crippen LogP contribution in [0.15, 0.2) is 12.3 Å². The third-order valence-electron chi connectivity index (χ3n) is 0.755. The molecule has 1 radical (unpaired) electrons. The van der Waals surface area contributed by atoms with Crippen LogP contribution in [0.25, 0.3) is 0 Å². The summed E-state index contributed by atoms with van der Waals surface area (Å²) in [4.78, 5) is 0. The van der Waals surface area contributed by atoms with Crippen molar-refractivity contribution < 1.29 is 0 Å². The van der Waals surface area contributed by atoms with Crippen LogP contribution in [0.3, 0.4) is 0 Å². The van der Waals surface area contributed by atoms with E-state index >= 15 is 0 Å². The molecule has 0 aromatic carbocycles. The summed E-state index contributed by atoms with van der Waals surface area (Å²) in [6, 6.07) is 3.48. The van der Waals surface area contributed by atoms with Gasteiger partial charge in [-0.15, -0.1) is 0 Å². The highest BCUT2D eigenvalue weighted by molar-refractivity contribution is 5.16. The molecule has 1 heterocycles. The van der Waals surface area contributed by atoms with E-state index in [0.717, 1.165) is 0 Å². The summed E-state index contributed by atoms with van der Waals surface area (Å²) in [6.45, 7) is 0. The van der Waals surface area contributed by atoms with E-state index in [2.05, 4.69) is 12.1 Å². The zero-order valence-electron chi connectivity index (χ0n) is 4.20. The molecular weight excluding hydrogens is 102 g/mol. The molecular formula is C5H4N3. The number of aromatic nitrogens is 2. The molecule has 1 rings (SSSR count). The lowest BCUT2D eigenvalue weighted by atomic mass is 10.5. The fourth-order valence-electron chi connectivity index (χ4n) is 0.421. The Kier molecular flexibility index (Phi) is 1.01. The zero-order valence-corrected chi connectivity index (χ0v) is 4.20. The van der Waals surface area contributed by atoms with Gasteiger partial charge in [-0.25, -0.2) is 0 Å². The van der Waals surface area contributed by atoms with E-state index in [1.165, 1.54) is 4.68 Å². The van der Waals surface area contributed by atoms with Crippen molar-refractivity contribution in [1.82, 2.24) is 9.78 Å². The van der Waals surface area contributed by atoms with Crippen LogP contribution in [0.1, 0.15) is 5.69 Å². The molecule has 0 amide bonds.